The van der Waals surface area contributed by atoms with Crippen molar-refractivity contribution >= 4 is 28.7 Å². The highest BCUT2D eigenvalue weighted by molar-refractivity contribution is 6.05. The Morgan fingerprint density at radius 3 is 2.41 bits per heavy atom. The molecule has 4 aromatic rings. The van der Waals surface area contributed by atoms with Crippen LogP contribution in [-0.4, -0.2) is 68.0 Å². The molecule has 4 heterocycles. The van der Waals surface area contributed by atoms with Crippen LogP contribution in [0.2, 0.25) is 0 Å². The SMILES string of the molecule is C[C@H]1CCCN1Cc1nc2ccc(NC(=O)c3ccc(-c4ccc(CCC5CCN(C(=O)OC(C)(C)C)CC5)nc4)cc3)cc2[nH]1. The Hall–Kier alpha value is -4.24. The first-order valence-electron chi connectivity index (χ1n) is 16.7. The first-order valence-corrected chi connectivity index (χ1v) is 16.7. The minimum Gasteiger partial charge on any atom is -0.444 e. The van der Waals surface area contributed by atoms with Crippen molar-refractivity contribution in [1.29, 1.82) is 0 Å². The van der Waals surface area contributed by atoms with Gasteiger partial charge in [-0.1, -0.05) is 18.2 Å². The first kappa shape index (κ1) is 31.7. The number of nitrogens with zero attached hydrogens (tertiary/aromatic N) is 4. The number of ether oxygens (including phenoxy) is 1. The lowest BCUT2D eigenvalue weighted by molar-refractivity contribution is 0.0181. The quantitative estimate of drug-likeness (QED) is 0.212. The molecular formula is C37H46N6O3. The topological polar surface area (TPSA) is 103 Å². The molecule has 242 valence electrons. The highest BCUT2D eigenvalue weighted by atomic mass is 16.6. The predicted octanol–water partition coefficient (Wildman–Crippen LogP) is 7.44. The van der Waals surface area contributed by atoms with Gasteiger partial charge in [0, 0.05) is 47.8 Å². The van der Waals surface area contributed by atoms with E-state index in [9.17, 15) is 9.59 Å². The molecule has 0 saturated carbocycles. The van der Waals surface area contributed by atoms with E-state index in [4.69, 9.17) is 14.7 Å². The fourth-order valence-corrected chi connectivity index (χ4v) is 6.48. The number of pyridine rings is 1. The largest absolute Gasteiger partial charge is 0.444 e. The molecule has 0 spiro atoms. The summed E-state index contributed by atoms with van der Waals surface area (Å²) in [5.74, 6) is 1.39. The maximum atomic E-state index is 13.0. The van der Waals surface area contributed by atoms with E-state index in [-0.39, 0.29) is 12.0 Å². The number of aryl methyl sites for hydroxylation is 1. The number of hydrogen-bond acceptors (Lipinski definition) is 6. The average Bonchev–Trinajstić information content (AvgIpc) is 3.64. The molecule has 0 bridgehead atoms. The Morgan fingerprint density at radius 2 is 1.74 bits per heavy atom. The summed E-state index contributed by atoms with van der Waals surface area (Å²) in [5.41, 5.74) is 5.81. The molecule has 2 aromatic heterocycles. The van der Waals surface area contributed by atoms with Crippen molar-refractivity contribution in [3.63, 3.8) is 0 Å². The van der Waals surface area contributed by atoms with Crippen LogP contribution >= 0.6 is 0 Å². The second-order valence-corrected chi connectivity index (χ2v) is 13.9. The van der Waals surface area contributed by atoms with Crippen LogP contribution in [0.5, 0.6) is 0 Å². The number of piperidine rings is 1. The van der Waals surface area contributed by atoms with E-state index in [0.29, 0.717) is 17.5 Å². The van der Waals surface area contributed by atoms with E-state index >= 15 is 0 Å². The number of H-pyrrole nitrogens is 1. The van der Waals surface area contributed by atoms with Gasteiger partial charge in [0.15, 0.2) is 0 Å². The Kier molecular flexibility index (Phi) is 9.40. The summed E-state index contributed by atoms with van der Waals surface area (Å²) in [7, 11) is 0. The number of aromatic amines is 1. The van der Waals surface area contributed by atoms with Crippen molar-refractivity contribution in [3.8, 4) is 11.1 Å². The highest BCUT2D eigenvalue weighted by Crippen LogP contribution is 2.26. The smallest absolute Gasteiger partial charge is 0.410 e. The van der Waals surface area contributed by atoms with Gasteiger partial charge in [0.05, 0.1) is 17.6 Å². The Labute approximate surface area is 271 Å². The molecule has 0 aliphatic carbocycles. The van der Waals surface area contributed by atoms with Gasteiger partial charge in [-0.15, -0.1) is 0 Å². The minimum atomic E-state index is -0.462. The molecule has 9 nitrogen and oxygen atoms in total. The lowest BCUT2D eigenvalue weighted by Crippen LogP contribution is -2.41. The second-order valence-electron chi connectivity index (χ2n) is 13.9. The molecule has 1 atom stereocenters. The summed E-state index contributed by atoms with van der Waals surface area (Å²) in [6.07, 6.45) is 8.14. The number of benzene rings is 2. The van der Waals surface area contributed by atoms with E-state index in [2.05, 4.69) is 34.3 Å². The number of aromatic nitrogens is 3. The van der Waals surface area contributed by atoms with E-state index in [1.54, 1.807) is 0 Å². The molecule has 9 heteroatoms. The molecule has 2 aliphatic heterocycles. The van der Waals surface area contributed by atoms with Crippen molar-refractivity contribution < 1.29 is 14.3 Å². The van der Waals surface area contributed by atoms with Crippen LogP contribution < -0.4 is 5.32 Å². The molecule has 46 heavy (non-hydrogen) atoms. The van der Waals surface area contributed by atoms with Gasteiger partial charge >= 0.3 is 6.09 Å². The summed E-state index contributed by atoms with van der Waals surface area (Å²) in [4.78, 5) is 42.6. The zero-order valence-corrected chi connectivity index (χ0v) is 27.5. The maximum Gasteiger partial charge on any atom is 0.410 e. The van der Waals surface area contributed by atoms with Gasteiger partial charge in [0.2, 0.25) is 0 Å². The normalized spacial score (nSPS) is 17.8. The van der Waals surface area contributed by atoms with Crippen LogP contribution in [0, 0.1) is 5.92 Å². The van der Waals surface area contributed by atoms with Gasteiger partial charge < -0.3 is 19.9 Å². The molecule has 6 rings (SSSR count). The average molecular weight is 623 g/mol. The fourth-order valence-electron chi connectivity index (χ4n) is 6.48. The molecule has 2 saturated heterocycles. The molecular weight excluding hydrogens is 576 g/mol. The van der Waals surface area contributed by atoms with E-state index in [1.165, 1.54) is 12.8 Å². The predicted molar refractivity (Wildman–Crippen MR) is 182 cm³/mol. The number of rotatable bonds is 8. The molecule has 0 radical (unpaired) electrons. The zero-order valence-electron chi connectivity index (χ0n) is 27.5. The Balaban J connectivity index is 0.983. The van der Waals surface area contributed by atoms with Crippen LogP contribution in [-0.2, 0) is 17.7 Å². The van der Waals surface area contributed by atoms with Gasteiger partial charge in [-0.05, 0) is 121 Å². The lowest BCUT2D eigenvalue weighted by Gasteiger charge is -2.33. The first-order chi connectivity index (χ1) is 22.1. The molecule has 2 N–H and O–H groups in total. The standard InChI is InChI=1S/C37H46N6O3/c1-25-6-5-19-43(25)24-34-40-32-16-15-31(22-33(32)41-34)39-35(44)28-10-8-27(9-11-28)29-12-14-30(38-23-29)13-7-26-17-20-42(21-18-26)36(45)46-37(2,3)4/h8-12,14-16,22-23,25-26H,5-7,13,17-21,24H2,1-4H3,(H,39,44)(H,40,41)/t25-/m0/s1. The molecule has 2 aliphatic rings. The van der Waals surface area contributed by atoms with Gasteiger partial charge in [-0.2, -0.15) is 0 Å². The maximum absolute atomic E-state index is 13.0. The summed E-state index contributed by atoms with van der Waals surface area (Å²) in [5, 5.41) is 3.03. The summed E-state index contributed by atoms with van der Waals surface area (Å²) in [6, 6.07) is 18.2. The summed E-state index contributed by atoms with van der Waals surface area (Å²) >= 11 is 0. The molecule has 0 unspecified atom stereocenters. The number of nitrogens with one attached hydrogen (secondary N) is 2. The molecule has 2 amide bonds. The van der Waals surface area contributed by atoms with Crippen LogP contribution in [0.1, 0.15) is 81.7 Å². The van der Waals surface area contributed by atoms with Crippen molar-refractivity contribution in [2.75, 3.05) is 25.0 Å². The zero-order chi connectivity index (χ0) is 32.3. The number of likely N-dealkylation sites (tertiary alicyclic amines) is 2. The number of imidazole rings is 1. The van der Waals surface area contributed by atoms with Crippen LogP contribution in [0.25, 0.3) is 22.2 Å². The Morgan fingerprint density at radius 1 is 0.978 bits per heavy atom. The van der Waals surface area contributed by atoms with Crippen LogP contribution in [0.4, 0.5) is 10.5 Å². The van der Waals surface area contributed by atoms with Crippen molar-refractivity contribution in [3.05, 3.63) is 77.9 Å². The number of hydrogen-bond donors (Lipinski definition) is 2. The summed E-state index contributed by atoms with van der Waals surface area (Å²) in [6.45, 7) is 11.4. The number of amides is 2. The number of carbonyl (C=O) groups is 2. The highest BCUT2D eigenvalue weighted by Gasteiger charge is 2.27. The minimum absolute atomic E-state index is 0.151. The van der Waals surface area contributed by atoms with Gasteiger partial charge in [0.1, 0.15) is 11.4 Å². The van der Waals surface area contributed by atoms with Crippen molar-refractivity contribution in [2.45, 2.75) is 84.4 Å². The number of anilines is 1. The van der Waals surface area contributed by atoms with Crippen molar-refractivity contribution in [2.24, 2.45) is 5.92 Å². The van der Waals surface area contributed by atoms with E-state index < -0.39 is 5.60 Å². The monoisotopic (exact) mass is 622 g/mol. The van der Waals surface area contributed by atoms with Gasteiger partial charge in [-0.25, -0.2) is 9.78 Å². The van der Waals surface area contributed by atoms with Crippen LogP contribution in [0.15, 0.2) is 60.8 Å². The number of carbonyl (C=O) groups excluding carboxylic acids is 2. The van der Waals surface area contributed by atoms with Crippen molar-refractivity contribution in [1.82, 2.24) is 24.8 Å². The molecule has 2 fully saturated rings. The third-order valence-electron chi connectivity index (χ3n) is 9.21. The lowest BCUT2D eigenvalue weighted by atomic mass is 9.91. The second kappa shape index (κ2) is 13.6. The number of fused-ring (bicyclic) bond motifs is 1. The third-order valence-corrected chi connectivity index (χ3v) is 9.21. The van der Waals surface area contributed by atoms with E-state index in [1.807, 2.05) is 74.3 Å². The summed E-state index contributed by atoms with van der Waals surface area (Å²) < 4.78 is 5.52. The van der Waals surface area contributed by atoms with E-state index in [0.717, 1.165) is 91.2 Å². The van der Waals surface area contributed by atoms with Gasteiger partial charge in [0.25, 0.3) is 5.91 Å². The molecule has 2 aromatic carbocycles. The fraction of sp³-hybridized carbons (Fsp3) is 0.459. The third kappa shape index (κ3) is 7.94. The Bertz CT molecular complexity index is 1650. The van der Waals surface area contributed by atoms with Crippen LogP contribution in [0.3, 0.4) is 0 Å². The van der Waals surface area contributed by atoms with Gasteiger partial charge in [-0.3, -0.25) is 14.7 Å².